The van der Waals surface area contributed by atoms with Crippen LogP contribution in [0.15, 0.2) is 61.2 Å². The Kier molecular flexibility index (Phi) is 7.25. The average molecular weight is 278 g/mol. The zero-order valence-corrected chi connectivity index (χ0v) is 13.7. The van der Waals surface area contributed by atoms with Gasteiger partial charge in [-0.25, -0.2) is 0 Å². The zero-order chi connectivity index (χ0) is 15.7. The summed E-state index contributed by atoms with van der Waals surface area (Å²) in [6.45, 7) is 12.0. The number of rotatable bonds is 4. The Morgan fingerprint density at radius 2 is 1.81 bits per heavy atom. The van der Waals surface area contributed by atoms with Crippen molar-refractivity contribution < 1.29 is 0 Å². The van der Waals surface area contributed by atoms with Gasteiger partial charge in [0.1, 0.15) is 0 Å². The molecule has 1 aliphatic rings. The van der Waals surface area contributed by atoms with Crippen LogP contribution in [-0.2, 0) is 0 Å². The van der Waals surface area contributed by atoms with Crippen molar-refractivity contribution in [2.45, 2.75) is 34.1 Å². The van der Waals surface area contributed by atoms with Crippen molar-refractivity contribution in [2.75, 3.05) is 0 Å². The van der Waals surface area contributed by atoms with Gasteiger partial charge in [-0.2, -0.15) is 0 Å². The monoisotopic (exact) mass is 278 g/mol. The number of benzene rings is 1. The third-order valence-corrected chi connectivity index (χ3v) is 3.34. The van der Waals surface area contributed by atoms with Crippen LogP contribution in [0.4, 0.5) is 0 Å². The first-order valence-electron chi connectivity index (χ1n) is 7.65. The van der Waals surface area contributed by atoms with Crippen LogP contribution in [0.3, 0.4) is 0 Å². The second-order valence-electron chi connectivity index (χ2n) is 4.83. The fourth-order valence-corrected chi connectivity index (χ4v) is 2.34. The molecule has 21 heavy (non-hydrogen) atoms. The van der Waals surface area contributed by atoms with Crippen molar-refractivity contribution in [3.63, 3.8) is 0 Å². The van der Waals surface area contributed by atoms with Crippen molar-refractivity contribution in [3.8, 4) is 0 Å². The molecule has 1 aromatic rings. The molecule has 0 aliphatic heterocycles. The fourth-order valence-electron chi connectivity index (χ4n) is 2.34. The van der Waals surface area contributed by atoms with Crippen LogP contribution in [0.5, 0.6) is 0 Å². The van der Waals surface area contributed by atoms with Crippen molar-refractivity contribution in [3.05, 3.63) is 83.5 Å². The standard InChI is InChI=1S/C19H20.C2H6/c1-4-5-6-7-12-18-13-15(2)14-19(16(18)3)17-10-8-9-11-17;1-2/h4-10,12-14H,1,11H2,2-3H3;1-2H3/b6-5-,12-7?;. The quantitative estimate of drug-likeness (QED) is 0.557. The lowest BCUT2D eigenvalue weighted by atomic mass is 9.93. The minimum Gasteiger partial charge on any atom is -0.0991 e. The number of allylic oxidation sites excluding steroid dienone is 8. The van der Waals surface area contributed by atoms with E-state index in [0.29, 0.717) is 0 Å². The fraction of sp³-hybridized carbons (Fsp3) is 0.238. The van der Waals surface area contributed by atoms with Gasteiger partial charge >= 0.3 is 0 Å². The molecule has 0 saturated heterocycles. The predicted octanol–water partition coefficient (Wildman–Crippen LogP) is 6.43. The molecule has 0 atom stereocenters. The van der Waals surface area contributed by atoms with Gasteiger partial charge in [-0.05, 0) is 48.1 Å². The van der Waals surface area contributed by atoms with Gasteiger partial charge in [0.05, 0.1) is 0 Å². The van der Waals surface area contributed by atoms with Crippen molar-refractivity contribution in [1.82, 2.24) is 0 Å². The van der Waals surface area contributed by atoms with Crippen LogP contribution in [0.2, 0.25) is 0 Å². The van der Waals surface area contributed by atoms with Crippen LogP contribution in [0.25, 0.3) is 11.6 Å². The topological polar surface area (TPSA) is 0 Å². The van der Waals surface area contributed by atoms with E-state index in [-0.39, 0.29) is 0 Å². The van der Waals surface area contributed by atoms with Gasteiger partial charge in [0.15, 0.2) is 0 Å². The molecule has 2 rings (SSSR count). The van der Waals surface area contributed by atoms with Crippen molar-refractivity contribution in [1.29, 1.82) is 0 Å². The highest BCUT2D eigenvalue weighted by Gasteiger charge is 2.09. The van der Waals surface area contributed by atoms with Gasteiger partial charge in [-0.1, -0.05) is 81.2 Å². The molecule has 0 unspecified atom stereocenters. The van der Waals surface area contributed by atoms with Crippen LogP contribution in [0.1, 0.15) is 42.5 Å². The minimum absolute atomic E-state index is 1.05. The largest absolute Gasteiger partial charge is 0.0991 e. The first-order valence-corrected chi connectivity index (χ1v) is 7.65. The summed E-state index contributed by atoms with van der Waals surface area (Å²) in [7, 11) is 0. The molecule has 0 aromatic heterocycles. The highest BCUT2D eigenvalue weighted by molar-refractivity contribution is 5.76. The smallest absolute Gasteiger partial charge is 0.00883 e. The highest BCUT2D eigenvalue weighted by atomic mass is 14.1. The summed E-state index contributed by atoms with van der Waals surface area (Å²) >= 11 is 0. The van der Waals surface area contributed by atoms with Crippen LogP contribution in [-0.4, -0.2) is 0 Å². The molecule has 0 amide bonds. The Bertz CT molecular complexity index is 593. The number of hydrogen-bond acceptors (Lipinski definition) is 0. The van der Waals surface area contributed by atoms with Gasteiger partial charge in [0.25, 0.3) is 0 Å². The molecular formula is C21H26. The zero-order valence-electron chi connectivity index (χ0n) is 13.7. The molecule has 0 saturated carbocycles. The van der Waals surface area contributed by atoms with Crippen LogP contribution in [0, 0.1) is 13.8 Å². The molecular weight excluding hydrogens is 252 g/mol. The van der Waals surface area contributed by atoms with Gasteiger partial charge in [-0.15, -0.1) is 0 Å². The third kappa shape index (κ3) is 4.75. The Hall–Kier alpha value is -2.08. The Morgan fingerprint density at radius 3 is 2.43 bits per heavy atom. The van der Waals surface area contributed by atoms with Gasteiger partial charge in [-0.3, -0.25) is 0 Å². The predicted molar refractivity (Wildman–Crippen MR) is 97.4 cm³/mol. The maximum atomic E-state index is 3.67. The third-order valence-electron chi connectivity index (χ3n) is 3.34. The van der Waals surface area contributed by atoms with Crippen molar-refractivity contribution >= 4 is 11.6 Å². The lowest BCUT2D eigenvalue weighted by Gasteiger charge is -2.12. The highest BCUT2D eigenvalue weighted by Crippen LogP contribution is 2.29. The first kappa shape index (κ1) is 17.0. The van der Waals surface area contributed by atoms with Gasteiger partial charge in [0, 0.05) is 0 Å². The molecule has 0 heteroatoms. The van der Waals surface area contributed by atoms with E-state index >= 15 is 0 Å². The van der Waals surface area contributed by atoms with E-state index in [0.717, 1.165) is 6.42 Å². The minimum atomic E-state index is 1.05. The second kappa shape index (κ2) is 8.97. The van der Waals surface area contributed by atoms with Gasteiger partial charge < -0.3 is 0 Å². The molecule has 0 fully saturated rings. The van der Waals surface area contributed by atoms with Gasteiger partial charge in [0.2, 0.25) is 0 Å². The molecule has 1 aromatic carbocycles. The molecule has 0 heterocycles. The molecule has 0 bridgehead atoms. The summed E-state index contributed by atoms with van der Waals surface area (Å²) in [5.74, 6) is 0. The molecule has 0 radical (unpaired) electrons. The second-order valence-corrected chi connectivity index (χ2v) is 4.83. The maximum absolute atomic E-state index is 3.67. The Morgan fingerprint density at radius 1 is 1.05 bits per heavy atom. The van der Waals surface area contributed by atoms with E-state index in [1.165, 1.54) is 27.8 Å². The van der Waals surface area contributed by atoms with E-state index in [9.17, 15) is 0 Å². The van der Waals surface area contributed by atoms with Crippen LogP contribution >= 0.6 is 0 Å². The molecule has 0 nitrogen and oxygen atoms in total. The summed E-state index contributed by atoms with van der Waals surface area (Å²) in [5, 5.41) is 0. The Balaban J connectivity index is 0.00000106. The number of aryl methyl sites for hydroxylation is 1. The SMILES string of the molecule is C=C/C=C\C=Cc1cc(C)cc(C2=CC=CC2)c1C.CC. The summed E-state index contributed by atoms with van der Waals surface area (Å²) in [4.78, 5) is 0. The van der Waals surface area contributed by atoms with E-state index in [2.05, 4.69) is 62.9 Å². The van der Waals surface area contributed by atoms with Crippen LogP contribution < -0.4 is 0 Å². The van der Waals surface area contributed by atoms with E-state index in [1.54, 1.807) is 6.08 Å². The summed E-state index contributed by atoms with van der Waals surface area (Å²) < 4.78 is 0. The first-order chi connectivity index (χ1) is 10.2. The van der Waals surface area contributed by atoms with E-state index in [4.69, 9.17) is 0 Å². The molecule has 0 spiro atoms. The summed E-state index contributed by atoms with van der Waals surface area (Å²) in [6, 6.07) is 4.52. The molecule has 110 valence electrons. The molecule has 1 aliphatic carbocycles. The Labute approximate surface area is 129 Å². The maximum Gasteiger partial charge on any atom is -0.00883 e. The van der Waals surface area contributed by atoms with E-state index < -0.39 is 0 Å². The van der Waals surface area contributed by atoms with E-state index in [1.807, 2.05) is 26.0 Å². The van der Waals surface area contributed by atoms with Crippen molar-refractivity contribution in [2.24, 2.45) is 0 Å². The number of hydrogen-bond donors (Lipinski definition) is 0. The summed E-state index contributed by atoms with van der Waals surface area (Å²) in [6.07, 6.45) is 17.6. The lowest BCUT2D eigenvalue weighted by Crippen LogP contribution is -1.92. The lowest BCUT2D eigenvalue weighted by molar-refractivity contribution is 1.31. The normalized spacial score (nSPS) is 13.4. The average Bonchev–Trinajstić information content (AvgIpc) is 3.03. The summed E-state index contributed by atoms with van der Waals surface area (Å²) in [5.41, 5.74) is 6.73. The molecule has 0 N–H and O–H groups in total.